The van der Waals surface area contributed by atoms with E-state index in [2.05, 4.69) is 0 Å². The average molecular weight is 205 g/mol. The second-order valence-corrected chi connectivity index (χ2v) is 3.82. The van der Waals surface area contributed by atoms with E-state index in [4.69, 9.17) is 4.74 Å². The summed E-state index contributed by atoms with van der Waals surface area (Å²) in [5.74, 6) is 0.852. The molecule has 1 aromatic rings. The highest BCUT2D eigenvalue weighted by atomic mass is 16.5. The van der Waals surface area contributed by atoms with Crippen molar-refractivity contribution in [2.75, 3.05) is 7.11 Å². The number of para-hydroxylation sites is 1. The normalized spacial score (nSPS) is 14.7. The average Bonchev–Trinajstić information content (AvgIpc) is 3.10. The lowest BCUT2D eigenvalue weighted by molar-refractivity contribution is -0.119. The second kappa shape index (κ2) is 4.34. The zero-order valence-corrected chi connectivity index (χ0v) is 8.85. The molecule has 80 valence electrons. The van der Waals surface area contributed by atoms with Crippen molar-refractivity contribution in [1.82, 2.24) is 4.90 Å². The van der Waals surface area contributed by atoms with Gasteiger partial charge in [-0.05, 0) is 18.9 Å². The number of hydrogen-bond acceptors (Lipinski definition) is 2. The van der Waals surface area contributed by atoms with Crippen LogP contribution in [0, 0.1) is 0 Å². The molecule has 1 amide bonds. The lowest BCUT2D eigenvalue weighted by Crippen LogP contribution is -2.23. The number of carbonyl (C=O) groups excluding carboxylic acids is 1. The monoisotopic (exact) mass is 205 g/mol. The minimum absolute atomic E-state index is 0.451. The summed E-state index contributed by atoms with van der Waals surface area (Å²) in [4.78, 5) is 12.7. The number of amides is 1. The molecule has 0 spiro atoms. The van der Waals surface area contributed by atoms with Gasteiger partial charge in [0.1, 0.15) is 5.75 Å². The van der Waals surface area contributed by atoms with Gasteiger partial charge in [-0.3, -0.25) is 4.79 Å². The molecule has 1 aromatic carbocycles. The summed E-state index contributed by atoms with van der Waals surface area (Å²) in [7, 11) is 1.65. The molecule has 0 aromatic heterocycles. The summed E-state index contributed by atoms with van der Waals surface area (Å²) in [5.41, 5.74) is 1.07. The van der Waals surface area contributed by atoms with E-state index in [9.17, 15) is 4.79 Å². The number of rotatable bonds is 5. The zero-order chi connectivity index (χ0) is 10.7. The Bertz CT molecular complexity index is 347. The van der Waals surface area contributed by atoms with E-state index in [-0.39, 0.29) is 0 Å². The number of nitrogens with zero attached hydrogens (tertiary/aromatic N) is 1. The lowest BCUT2D eigenvalue weighted by atomic mass is 10.2. The van der Waals surface area contributed by atoms with Crippen molar-refractivity contribution in [2.45, 2.75) is 25.4 Å². The van der Waals surface area contributed by atoms with Gasteiger partial charge in [-0.1, -0.05) is 18.2 Å². The number of carbonyl (C=O) groups is 1. The molecule has 0 saturated heterocycles. The van der Waals surface area contributed by atoms with Crippen LogP contribution in [0.5, 0.6) is 5.75 Å². The number of benzene rings is 1. The first-order valence-electron chi connectivity index (χ1n) is 5.18. The Labute approximate surface area is 89.7 Å². The van der Waals surface area contributed by atoms with Gasteiger partial charge in [0, 0.05) is 18.2 Å². The molecular weight excluding hydrogens is 190 g/mol. The number of hydrogen-bond donors (Lipinski definition) is 0. The van der Waals surface area contributed by atoms with E-state index in [1.807, 2.05) is 29.2 Å². The van der Waals surface area contributed by atoms with Gasteiger partial charge in [0.2, 0.25) is 6.41 Å². The fraction of sp³-hybridized carbons (Fsp3) is 0.417. The van der Waals surface area contributed by atoms with E-state index in [0.29, 0.717) is 12.6 Å². The van der Waals surface area contributed by atoms with Crippen LogP contribution in [-0.4, -0.2) is 24.5 Å². The van der Waals surface area contributed by atoms with Crippen LogP contribution in [-0.2, 0) is 11.3 Å². The smallest absolute Gasteiger partial charge is 0.210 e. The first-order valence-corrected chi connectivity index (χ1v) is 5.18. The fourth-order valence-corrected chi connectivity index (χ4v) is 1.69. The third-order valence-electron chi connectivity index (χ3n) is 2.70. The molecule has 0 atom stereocenters. The van der Waals surface area contributed by atoms with Crippen LogP contribution in [0.25, 0.3) is 0 Å². The van der Waals surface area contributed by atoms with Crippen LogP contribution < -0.4 is 4.74 Å². The van der Waals surface area contributed by atoms with Crippen molar-refractivity contribution < 1.29 is 9.53 Å². The third-order valence-corrected chi connectivity index (χ3v) is 2.70. The molecule has 3 heteroatoms. The van der Waals surface area contributed by atoms with Crippen LogP contribution in [0.15, 0.2) is 24.3 Å². The molecule has 0 unspecified atom stereocenters. The Morgan fingerprint density at radius 1 is 1.47 bits per heavy atom. The van der Waals surface area contributed by atoms with Gasteiger partial charge in [0.25, 0.3) is 0 Å². The summed E-state index contributed by atoms with van der Waals surface area (Å²) in [6.45, 7) is 0.651. The van der Waals surface area contributed by atoms with E-state index >= 15 is 0 Å². The molecule has 0 heterocycles. The van der Waals surface area contributed by atoms with Gasteiger partial charge in [0.05, 0.1) is 7.11 Å². The predicted molar refractivity (Wildman–Crippen MR) is 57.6 cm³/mol. The fourth-order valence-electron chi connectivity index (χ4n) is 1.69. The maximum absolute atomic E-state index is 10.9. The van der Waals surface area contributed by atoms with Crippen molar-refractivity contribution in [1.29, 1.82) is 0 Å². The van der Waals surface area contributed by atoms with Crippen molar-refractivity contribution in [3.63, 3.8) is 0 Å². The van der Waals surface area contributed by atoms with Gasteiger partial charge in [-0.2, -0.15) is 0 Å². The highest BCUT2D eigenvalue weighted by Gasteiger charge is 2.28. The Kier molecular flexibility index (Phi) is 2.90. The van der Waals surface area contributed by atoms with Gasteiger partial charge >= 0.3 is 0 Å². The van der Waals surface area contributed by atoms with Crippen LogP contribution in [0.4, 0.5) is 0 Å². The molecular formula is C12H15NO2. The highest BCUT2D eigenvalue weighted by molar-refractivity contribution is 5.49. The summed E-state index contributed by atoms with van der Waals surface area (Å²) in [5, 5.41) is 0. The van der Waals surface area contributed by atoms with E-state index in [1.165, 1.54) is 0 Å². The van der Waals surface area contributed by atoms with Crippen molar-refractivity contribution in [3.05, 3.63) is 29.8 Å². The van der Waals surface area contributed by atoms with Crippen molar-refractivity contribution in [3.8, 4) is 5.75 Å². The van der Waals surface area contributed by atoms with Crippen LogP contribution in [0.2, 0.25) is 0 Å². The SMILES string of the molecule is COc1ccccc1CN(C=O)C1CC1. The standard InChI is InChI=1S/C12H15NO2/c1-15-12-5-3-2-4-10(12)8-13(9-14)11-6-7-11/h2-5,9,11H,6-8H2,1H3. The minimum Gasteiger partial charge on any atom is -0.496 e. The molecule has 3 nitrogen and oxygen atoms in total. The summed E-state index contributed by atoms with van der Waals surface area (Å²) in [6, 6.07) is 8.27. The molecule has 2 rings (SSSR count). The molecule has 1 aliphatic rings. The molecule has 0 N–H and O–H groups in total. The van der Waals surface area contributed by atoms with Gasteiger partial charge in [0.15, 0.2) is 0 Å². The molecule has 15 heavy (non-hydrogen) atoms. The molecule has 0 radical (unpaired) electrons. The minimum atomic E-state index is 0.451. The van der Waals surface area contributed by atoms with E-state index in [1.54, 1.807) is 7.11 Å². The maximum Gasteiger partial charge on any atom is 0.210 e. The third kappa shape index (κ3) is 2.29. The lowest BCUT2D eigenvalue weighted by Gasteiger charge is -2.18. The molecule has 1 saturated carbocycles. The quantitative estimate of drug-likeness (QED) is 0.686. The maximum atomic E-state index is 10.9. The Balaban J connectivity index is 2.10. The van der Waals surface area contributed by atoms with Crippen LogP contribution in [0.1, 0.15) is 18.4 Å². The molecule has 1 fully saturated rings. The van der Waals surface area contributed by atoms with E-state index in [0.717, 1.165) is 30.6 Å². The van der Waals surface area contributed by atoms with Crippen LogP contribution in [0.3, 0.4) is 0 Å². The molecule has 0 bridgehead atoms. The van der Waals surface area contributed by atoms with Crippen molar-refractivity contribution in [2.24, 2.45) is 0 Å². The number of ether oxygens (including phenoxy) is 1. The van der Waals surface area contributed by atoms with Crippen LogP contribution >= 0.6 is 0 Å². The highest BCUT2D eigenvalue weighted by Crippen LogP contribution is 2.28. The molecule has 1 aliphatic carbocycles. The first kappa shape index (κ1) is 10.0. The first-order chi connectivity index (χ1) is 7.35. The summed E-state index contributed by atoms with van der Waals surface area (Å²) >= 11 is 0. The topological polar surface area (TPSA) is 29.5 Å². The Morgan fingerprint density at radius 3 is 2.80 bits per heavy atom. The zero-order valence-electron chi connectivity index (χ0n) is 8.85. The second-order valence-electron chi connectivity index (χ2n) is 3.82. The van der Waals surface area contributed by atoms with Gasteiger partial charge < -0.3 is 9.64 Å². The van der Waals surface area contributed by atoms with Gasteiger partial charge in [-0.15, -0.1) is 0 Å². The number of methoxy groups -OCH3 is 1. The largest absolute Gasteiger partial charge is 0.496 e. The Hall–Kier alpha value is -1.51. The van der Waals surface area contributed by atoms with E-state index < -0.39 is 0 Å². The summed E-state index contributed by atoms with van der Waals surface area (Å²) < 4.78 is 5.25. The molecule has 0 aliphatic heterocycles. The Morgan fingerprint density at radius 2 is 2.20 bits per heavy atom. The van der Waals surface area contributed by atoms with Crippen molar-refractivity contribution >= 4 is 6.41 Å². The predicted octanol–water partition coefficient (Wildman–Crippen LogP) is 1.82. The van der Waals surface area contributed by atoms with Gasteiger partial charge in [-0.25, -0.2) is 0 Å². The summed E-state index contributed by atoms with van der Waals surface area (Å²) in [6.07, 6.45) is 3.20.